The van der Waals surface area contributed by atoms with E-state index in [-0.39, 0.29) is 5.56 Å². The van der Waals surface area contributed by atoms with Crippen molar-refractivity contribution >= 4 is 23.4 Å². The molecule has 0 atom stereocenters. The van der Waals surface area contributed by atoms with Gasteiger partial charge in [-0.25, -0.2) is 9.18 Å². The van der Waals surface area contributed by atoms with Crippen molar-refractivity contribution in [3.63, 3.8) is 0 Å². The van der Waals surface area contributed by atoms with E-state index in [1.807, 2.05) is 6.26 Å². The van der Waals surface area contributed by atoms with Crippen LogP contribution in [-0.4, -0.2) is 29.6 Å². The molecule has 0 heterocycles. The van der Waals surface area contributed by atoms with Gasteiger partial charge in [-0.2, -0.15) is 11.8 Å². The average molecular weight is 243 g/mol. The molecule has 1 aromatic rings. The van der Waals surface area contributed by atoms with Crippen molar-refractivity contribution in [3.8, 4) is 0 Å². The highest BCUT2D eigenvalue weighted by Gasteiger charge is 2.09. The molecule has 88 valence electrons. The van der Waals surface area contributed by atoms with Gasteiger partial charge < -0.3 is 10.4 Å². The minimum Gasteiger partial charge on any atom is -0.478 e. The van der Waals surface area contributed by atoms with E-state index in [0.29, 0.717) is 5.69 Å². The number of carbonyl (C=O) groups is 1. The third-order valence-electron chi connectivity index (χ3n) is 2.05. The maximum Gasteiger partial charge on any atom is 0.338 e. The molecule has 0 spiro atoms. The van der Waals surface area contributed by atoms with Gasteiger partial charge in [0.2, 0.25) is 0 Å². The van der Waals surface area contributed by atoms with Crippen LogP contribution >= 0.6 is 11.8 Å². The van der Waals surface area contributed by atoms with E-state index in [1.54, 1.807) is 17.8 Å². The van der Waals surface area contributed by atoms with E-state index in [9.17, 15) is 9.18 Å². The summed E-state index contributed by atoms with van der Waals surface area (Å²) in [5, 5.41) is 11.7. The van der Waals surface area contributed by atoms with Crippen LogP contribution in [0.2, 0.25) is 0 Å². The third-order valence-corrected chi connectivity index (χ3v) is 2.75. The summed E-state index contributed by atoms with van der Waals surface area (Å²) in [4.78, 5) is 10.6. The minimum absolute atomic E-state index is 0.297. The number of carboxylic acids is 1. The first-order valence-electron chi connectivity index (χ1n) is 4.91. The molecule has 0 bridgehead atoms. The number of thioether (sulfide) groups is 1. The van der Waals surface area contributed by atoms with E-state index in [1.165, 1.54) is 12.1 Å². The molecule has 0 aromatic heterocycles. The molecule has 1 aromatic carbocycles. The van der Waals surface area contributed by atoms with Crippen LogP contribution in [0.5, 0.6) is 0 Å². The van der Waals surface area contributed by atoms with Crippen LogP contribution in [0.1, 0.15) is 16.8 Å². The standard InChI is InChI=1S/C11H14FNO2S/c1-16-6-2-5-13-8-3-4-9(11(14)15)10(12)7-8/h3-4,7,13H,2,5-6H2,1H3,(H,14,15). The van der Waals surface area contributed by atoms with Crippen LogP contribution in [0.15, 0.2) is 18.2 Å². The SMILES string of the molecule is CSCCCNc1ccc(C(=O)O)c(F)c1. The topological polar surface area (TPSA) is 49.3 Å². The zero-order valence-corrected chi connectivity index (χ0v) is 9.81. The number of halogens is 1. The molecule has 0 aliphatic rings. The fourth-order valence-electron chi connectivity index (χ4n) is 1.25. The summed E-state index contributed by atoms with van der Waals surface area (Å²) in [7, 11) is 0. The lowest BCUT2D eigenvalue weighted by Gasteiger charge is -2.06. The van der Waals surface area contributed by atoms with Crippen molar-refractivity contribution in [2.75, 3.05) is 23.9 Å². The largest absolute Gasteiger partial charge is 0.478 e. The molecule has 0 aliphatic heterocycles. The second kappa shape index (κ2) is 6.37. The van der Waals surface area contributed by atoms with Gasteiger partial charge in [-0.1, -0.05) is 0 Å². The fourth-order valence-corrected chi connectivity index (χ4v) is 1.68. The van der Waals surface area contributed by atoms with Crippen LogP contribution in [0.3, 0.4) is 0 Å². The second-order valence-corrected chi connectivity index (χ2v) is 4.26. The molecule has 3 nitrogen and oxygen atoms in total. The van der Waals surface area contributed by atoms with Gasteiger partial charge in [0, 0.05) is 12.2 Å². The molecule has 0 amide bonds. The molecule has 16 heavy (non-hydrogen) atoms. The quantitative estimate of drug-likeness (QED) is 0.754. The molecule has 5 heteroatoms. The van der Waals surface area contributed by atoms with E-state index in [0.717, 1.165) is 18.7 Å². The summed E-state index contributed by atoms with van der Waals surface area (Å²) in [6.45, 7) is 0.757. The molecule has 0 radical (unpaired) electrons. The maximum atomic E-state index is 13.3. The van der Waals surface area contributed by atoms with Gasteiger partial charge in [0.1, 0.15) is 5.82 Å². The van der Waals surface area contributed by atoms with Gasteiger partial charge in [0.05, 0.1) is 5.56 Å². The smallest absolute Gasteiger partial charge is 0.338 e. The Balaban J connectivity index is 2.56. The Morgan fingerprint density at radius 1 is 1.56 bits per heavy atom. The third kappa shape index (κ3) is 3.73. The minimum atomic E-state index is -1.24. The zero-order chi connectivity index (χ0) is 12.0. The molecule has 0 saturated heterocycles. The highest BCUT2D eigenvalue weighted by molar-refractivity contribution is 7.98. The number of nitrogens with one attached hydrogen (secondary N) is 1. The molecule has 0 saturated carbocycles. The highest BCUT2D eigenvalue weighted by Crippen LogP contribution is 2.14. The molecular formula is C11H14FNO2S. The van der Waals surface area contributed by atoms with Crippen LogP contribution in [-0.2, 0) is 0 Å². The van der Waals surface area contributed by atoms with Crippen molar-refractivity contribution < 1.29 is 14.3 Å². The fraction of sp³-hybridized carbons (Fsp3) is 0.364. The lowest BCUT2D eigenvalue weighted by molar-refractivity contribution is 0.0692. The van der Waals surface area contributed by atoms with Crippen LogP contribution in [0.4, 0.5) is 10.1 Å². The number of carboxylic acid groups (broad SMARTS) is 1. The predicted molar refractivity (Wildman–Crippen MR) is 64.8 cm³/mol. The number of aromatic carboxylic acids is 1. The van der Waals surface area contributed by atoms with E-state index < -0.39 is 11.8 Å². The average Bonchev–Trinajstić information content (AvgIpc) is 2.24. The summed E-state index contributed by atoms with van der Waals surface area (Å²) in [5.74, 6) is -0.906. The Bertz CT molecular complexity index is 371. The van der Waals surface area contributed by atoms with Crippen molar-refractivity contribution in [2.45, 2.75) is 6.42 Å². The Hall–Kier alpha value is -1.23. The van der Waals surface area contributed by atoms with Crippen molar-refractivity contribution in [1.29, 1.82) is 0 Å². The van der Waals surface area contributed by atoms with Gasteiger partial charge >= 0.3 is 5.97 Å². The van der Waals surface area contributed by atoms with E-state index in [4.69, 9.17) is 5.11 Å². The first-order chi connectivity index (χ1) is 7.65. The highest BCUT2D eigenvalue weighted by atomic mass is 32.2. The van der Waals surface area contributed by atoms with Crippen molar-refractivity contribution in [2.24, 2.45) is 0 Å². The van der Waals surface area contributed by atoms with Gasteiger partial charge in [0.25, 0.3) is 0 Å². The number of benzene rings is 1. The molecule has 0 aliphatic carbocycles. The first-order valence-corrected chi connectivity index (χ1v) is 6.30. The summed E-state index contributed by atoms with van der Waals surface area (Å²) >= 11 is 1.75. The molecule has 1 rings (SSSR count). The summed E-state index contributed by atoms with van der Waals surface area (Å²) in [6, 6.07) is 4.06. The Labute approximate surface area is 98.1 Å². The number of hydrogen-bond donors (Lipinski definition) is 2. The summed E-state index contributed by atoms with van der Waals surface area (Å²) < 4.78 is 13.3. The van der Waals surface area contributed by atoms with Gasteiger partial charge in [0.15, 0.2) is 0 Å². The van der Waals surface area contributed by atoms with E-state index in [2.05, 4.69) is 5.32 Å². The van der Waals surface area contributed by atoms with E-state index >= 15 is 0 Å². The zero-order valence-electron chi connectivity index (χ0n) is 9.00. The first kappa shape index (κ1) is 12.8. The Morgan fingerprint density at radius 3 is 2.88 bits per heavy atom. The van der Waals surface area contributed by atoms with Crippen molar-refractivity contribution in [1.82, 2.24) is 0 Å². The maximum absolute atomic E-state index is 13.3. The number of anilines is 1. The Kier molecular flexibility index (Phi) is 5.11. The lowest BCUT2D eigenvalue weighted by Crippen LogP contribution is -2.05. The van der Waals surface area contributed by atoms with Crippen LogP contribution < -0.4 is 5.32 Å². The van der Waals surface area contributed by atoms with Crippen LogP contribution in [0.25, 0.3) is 0 Å². The molecule has 0 unspecified atom stereocenters. The number of rotatable bonds is 6. The number of hydrogen-bond acceptors (Lipinski definition) is 3. The molecule has 2 N–H and O–H groups in total. The summed E-state index contributed by atoms with van der Waals surface area (Å²) in [5.41, 5.74) is 0.318. The normalized spacial score (nSPS) is 10.1. The molecule has 0 fully saturated rings. The Morgan fingerprint density at radius 2 is 2.31 bits per heavy atom. The lowest BCUT2D eigenvalue weighted by atomic mass is 10.2. The van der Waals surface area contributed by atoms with Crippen LogP contribution in [0, 0.1) is 5.82 Å². The summed E-state index contributed by atoms with van der Waals surface area (Å²) in [6.07, 6.45) is 3.02. The monoisotopic (exact) mass is 243 g/mol. The van der Waals surface area contributed by atoms with Gasteiger partial charge in [-0.3, -0.25) is 0 Å². The van der Waals surface area contributed by atoms with Gasteiger partial charge in [-0.15, -0.1) is 0 Å². The predicted octanol–water partition coefficient (Wildman–Crippen LogP) is 2.69. The van der Waals surface area contributed by atoms with Gasteiger partial charge in [-0.05, 0) is 36.6 Å². The molecular weight excluding hydrogens is 229 g/mol. The second-order valence-electron chi connectivity index (χ2n) is 3.27. The van der Waals surface area contributed by atoms with Crippen molar-refractivity contribution in [3.05, 3.63) is 29.6 Å².